The Hall–Kier alpha value is -3.67. The molecule has 3 aromatic rings. The molecule has 0 fully saturated rings. The van der Waals surface area contributed by atoms with E-state index in [1.807, 2.05) is 18.2 Å². The molecule has 1 aromatic heterocycles. The first kappa shape index (κ1) is 18.7. The van der Waals surface area contributed by atoms with Crippen molar-refractivity contribution >= 4 is 17.5 Å². The van der Waals surface area contributed by atoms with Crippen LogP contribution < -0.4 is 10.1 Å². The number of nitrogens with zero attached hydrogens (tertiary/aromatic N) is 2. The van der Waals surface area contributed by atoms with Crippen molar-refractivity contribution in [3.63, 3.8) is 0 Å². The molecule has 0 saturated carbocycles. The summed E-state index contributed by atoms with van der Waals surface area (Å²) in [7, 11) is 1.59. The van der Waals surface area contributed by atoms with Gasteiger partial charge in [0.1, 0.15) is 11.4 Å². The molecule has 1 aliphatic heterocycles. The van der Waals surface area contributed by atoms with E-state index in [4.69, 9.17) is 4.74 Å². The van der Waals surface area contributed by atoms with Gasteiger partial charge in [-0.15, -0.1) is 0 Å². The fourth-order valence-corrected chi connectivity index (χ4v) is 3.40. The summed E-state index contributed by atoms with van der Waals surface area (Å²) in [5, 5.41) is 2.82. The van der Waals surface area contributed by atoms with Gasteiger partial charge in [-0.05, 0) is 53.9 Å². The number of nitrogens with one attached hydrogen (secondary N) is 1. The SMILES string of the molecule is COc1ccc(NC(=O)c2ccnc(C(=O)N3CCc4ccccc4C3)c2)cc1. The minimum Gasteiger partial charge on any atom is -0.497 e. The molecule has 1 aliphatic rings. The van der Waals surface area contributed by atoms with Gasteiger partial charge in [-0.1, -0.05) is 24.3 Å². The topological polar surface area (TPSA) is 71.5 Å². The minimum absolute atomic E-state index is 0.168. The molecule has 4 rings (SSSR count). The number of carbonyl (C=O) groups is 2. The number of benzene rings is 2. The zero-order chi connectivity index (χ0) is 20.2. The van der Waals surface area contributed by atoms with Crippen LogP contribution in [-0.4, -0.2) is 35.4 Å². The van der Waals surface area contributed by atoms with E-state index in [1.54, 1.807) is 48.4 Å². The van der Waals surface area contributed by atoms with E-state index in [-0.39, 0.29) is 17.5 Å². The number of aromatic nitrogens is 1. The first-order valence-electron chi connectivity index (χ1n) is 9.41. The summed E-state index contributed by atoms with van der Waals surface area (Å²) in [4.78, 5) is 31.5. The van der Waals surface area contributed by atoms with Gasteiger partial charge in [0.05, 0.1) is 7.11 Å². The monoisotopic (exact) mass is 387 g/mol. The predicted octanol–water partition coefficient (Wildman–Crippen LogP) is 3.54. The van der Waals surface area contributed by atoms with Crippen molar-refractivity contribution in [3.05, 3.63) is 89.2 Å². The second-order valence-electron chi connectivity index (χ2n) is 6.86. The Morgan fingerprint density at radius 3 is 2.55 bits per heavy atom. The van der Waals surface area contributed by atoms with Gasteiger partial charge in [0.25, 0.3) is 11.8 Å². The zero-order valence-corrected chi connectivity index (χ0v) is 16.1. The van der Waals surface area contributed by atoms with Crippen LogP contribution in [0.1, 0.15) is 32.0 Å². The highest BCUT2D eigenvalue weighted by Gasteiger charge is 2.23. The van der Waals surface area contributed by atoms with E-state index >= 15 is 0 Å². The largest absolute Gasteiger partial charge is 0.497 e. The molecule has 0 unspecified atom stereocenters. The van der Waals surface area contributed by atoms with Gasteiger partial charge in [-0.2, -0.15) is 0 Å². The summed E-state index contributed by atoms with van der Waals surface area (Å²) >= 11 is 0. The van der Waals surface area contributed by atoms with Crippen LogP contribution >= 0.6 is 0 Å². The number of methoxy groups -OCH3 is 1. The Morgan fingerprint density at radius 1 is 1.03 bits per heavy atom. The molecule has 6 nitrogen and oxygen atoms in total. The quantitative estimate of drug-likeness (QED) is 0.743. The number of anilines is 1. The smallest absolute Gasteiger partial charge is 0.272 e. The molecule has 2 amide bonds. The molecule has 0 saturated heterocycles. The Labute approximate surface area is 169 Å². The molecule has 0 radical (unpaired) electrons. The molecule has 2 heterocycles. The van der Waals surface area contributed by atoms with Gasteiger partial charge in [-0.25, -0.2) is 0 Å². The number of pyridine rings is 1. The van der Waals surface area contributed by atoms with Crippen LogP contribution in [0, 0.1) is 0 Å². The second kappa shape index (κ2) is 8.14. The Morgan fingerprint density at radius 2 is 1.79 bits per heavy atom. The number of rotatable bonds is 4. The molecule has 146 valence electrons. The van der Waals surface area contributed by atoms with Crippen LogP contribution in [-0.2, 0) is 13.0 Å². The number of amides is 2. The fraction of sp³-hybridized carbons (Fsp3) is 0.174. The van der Waals surface area contributed by atoms with E-state index in [9.17, 15) is 9.59 Å². The van der Waals surface area contributed by atoms with Crippen molar-refractivity contribution in [1.82, 2.24) is 9.88 Å². The first-order valence-corrected chi connectivity index (χ1v) is 9.41. The van der Waals surface area contributed by atoms with Gasteiger partial charge >= 0.3 is 0 Å². The van der Waals surface area contributed by atoms with Crippen molar-refractivity contribution < 1.29 is 14.3 Å². The maximum atomic E-state index is 12.9. The first-order chi connectivity index (χ1) is 14.1. The molecule has 0 aliphatic carbocycles. The highest BCUT2D eigenvalue weighted by Crippen LogP contribution is 2.20. The summed E-state index contributed by atoms with van der Waals surface area (Å²) in [5.74, 6) is 0.247. The molecule has 1 N–H and O–H groups in total. The molecule has 29 heavy (non-hydrogen) atoms. The van der Waals surface area contributed by atoms with E-state index in [2.05, 4.69) is 16.4 Å². The van der Waals surface area contributed by atoms with Gasteiger partial charge in [-0.3, -0.25) is 14.6 Å². The van der Waals surface area contributed by atoms with Gasteiger partial charge in [0.2, 0.25) is 0 Å². The van der Waals surface area contributed by atoms with E-state index in [1.165, 1.54) is 11.8 Å². The Bertz CT molecular complexity index is 1050. The lowest BCUT2D eigenvalue weighted by Gasteiger charge is -2.28. The predicted molar refractivity (Wildman–Crippen MR) is 110 cm³/mol. The average molecular weight is 387 g/mol. The second-order valence-corrected chi connectivity index (χ2v) is 6.86. The van der Waals surface area contributed by atoms with Crippen molar-refractivity contribution in [3.8, 4) is 5.75 Å². The lowest BCUT2D eigenvalue weighted by molar-refractivity contribution is 0.0728. The van der Waals surface area contributed by atoms with Crippen LogP contribution in [0.4, 0.5) is 5.69 Å². The summed E-state index contributed by atoms with van der Waals surface area (Å²) in [5.41, 5.74) is 3.73. The summed E-state index contributed by atoms with van der Waals surface area (Å²) < 4.78 is 5.12. The standard InChI is InChI=1S/C23H21N3O3/c1-29-20-8-6-19(7-9-20)25-22(27)17-10-12-24-21(14-17)23(28)26-13-11-16-4-2-3-5-18(16)15-26/h2-10,12,14H,11,13,15H2,1H3,(H,25,27). The van der Waals surface area contributed by atoms with E-state index in [0.29, 0.717) is 30.1 Å². The minimum atomic E-state index is -0.296. The third-order valence-electron chi connectivity index (χ3n) is 5.01. The normalized spacial score (nSPS) is 12.8. The number of carbonyl (C=O) groups excluding carboxylic acids is 2. The molecule has 2 aromatic carbocycles. The Kier molecular flexibility index (Phi) is 5.24. The van der Waals surface area contributed by atoms with Crippen LogP contribution in [0.15, 0.2) is 66.9 Å². The van der Waals surface area contributed by atoms with Crippen molar-refractivity contribution in [2.75, 3.05) is 19.0 Å². The van der Waals surface area contributed by atoms with E-state index in [0.717, 1.165) is 12.0 Å². The molecule has 0 spiro atoms. The van der Waals surface area contributed by atoms with Crippen LogP contribution in [0.2, 0.25) is 0 Å². The maximum absolute atomic E-state index is 12.9. The van der Waals surface area contributed by atoms with Crippen LogP contribution in [0.3, 0.4) is 0 Å². The third kappa shape index (κ3) is 4.11. The molecule has 6 heteroatoms. The number of hydrogen-bond acceptors (Lipinski definition) is 4. The maximum Gasteiger partial charge on any atom is 0.272 e. The summed E-state index contributed by atoms with van der Waals surface area (Å²) in [6.07, 6.45) is 2.31. The third-order valence-corrected chi connectivity index (χ3v) is 5.01. The number of ether oxygens (including phenoxy) is 1. The van der Waals surface area contributed by atoms with Gasteiger partial charge < -0.3 is 15.0 Å². The number of fused-ring (bicyclic) bond motifs is 1. The lowest BCUT2D eigenvalue weighted by Crippen LogP contribution is -2.36. The van der Waals surface area contributed by atoms with Gasteiger partial charge in [0, 0.05) is 30.5 Å². The fourth-order valence-electron chi connectivity index (χ4n) is 3.40. The van der Waals surface area contributed by atoms with Crippen molar-refractivity contribution in [2.24, 2.45) is 0 Å². The molecule has 0 bridgehead atoms. The van der Waals surface area contributed by atoms with Crippen LogP contribution in [0.5, 0.6) is 5.75 Å². The average Bonchev–Trinajstić information content (AvgIpc) is 2.79. The van der Waals surface area contributed by atoms with Crippen molar-refractivity contribution in [2.45, 2.75) is 13.0 Å². The zero-order valence-electron chi connectivity index (χ0n) is 16.1. The van der Waals surface area contributed by atoms with Gasteiger partial charge in [0.15, 0.2) is 0 Å². The molecular formula is C23H21N3O3. The van der Waals surface area contributed by atoms with E-state index < -0.39 is 0 Å². The highest BCUT2D eigenvalue weighted by atomic mass is 16.5. The summed E-state index contributed by atoms with van der Waals surface area (Å²) in [6.45, 7) is 1.19. The lowest BCUT2D eigenvalue weighted by atomic mass is 9.99. The highest BCUT2D eigenvalue weighted by molar-refractivity contribution is 6.05. The molecule has 0 atom stereocenters. The number of hydrogen-bond donors (Lipinski definition) is 1. The van der Waals surface area contributed by atoms with Crippen molar-refractivity contribution in [1.29, 1.82) is 0 Å². The summed E-state index contributed by atoms with van der Waals surface area (Å²) in [6, 6.07) is 18.3. The Balaban J connectivity index is 1.48. The van der Waals surface area contributed by atoms with Crippen LogP contribution in [0.25, 0.3) is 0 Å². The molecular weight excluding hydrogens is 366 g/mol.